The Morgan fingerprint density at radius 1 is 1.32 bits per heavy atom. The maximum atomic E-state index is 12.2. The van der Waals surface area contributed by atoms with Crippen molar-refractivity contribution in [2.45, 2.75) is 39.0 Å². The summed E-state index contributed by atoms with van der Waals surface area (Å²) in [7, 11) is 0. The van der Waals surface area contributed by atoms with Crippen LogP contribution in [0.4, 0.5) is 0 Å². The third-order valence-corrected chi connectivity index (χ3v) is 3.95. The molecule has 0 radical (unpaired) electrons. The first-order valence-corrected chi connectivity index (χ1v) is 6.89. The average Bonchev–Trinajstić information content (AvgIpc) is 2.39. The number of carboxylic acids is 1. The standard InChI is InChI=1S/C16H20O3/c1-11-4-2-6-13(8-11)15(17)10-12-5-3-7-14(9-12)16(18)19/h2,4,6,8,12,14H,3,5,7,9-10H2,1H3,(H,18,19)/t12-,14+/m0/s1. The lowest BCUT2D eigenvalue weighted by atomic mass is 9.78. The second-order valence-electron chi connectivity index (χ2n) is 5.56. The van der Waals surface area contributed by atoms with Gasteiger partial charge in [-0.05, 0) is 38.2 Å². The van der Waals surface area contributed by atoms with Crippen molar-refractivity contribution in [2.75, 3.05) is 0 Å². The van der Waals surface area contributed by atoms with Gasteiger partial charge in [0.1, 0.15) is 0 Å². The van der Waals surface area contributed by atoms with Crippen LogP contribution in [0.5, 0.6) is 0 Å². The van der Waals surface area contributed by atoms with Crippen molar-refractivity contribution in [3.63, 3.8) is 0 Å². The Labute approximate surface area is 113 Å². The predicted octanol–water partition coefficient (Wildman–Crippen LogP) is 3.46. The lowest BCUT2D eigenvalue weighted by Crippen LogP contribution is -2.24. The van der Waals surface area contributed by atoms with Gasteiger partial charge in [0.05, 0.1) is 5.92 Å². The number of rotatable bonds is 4. The van der Waals surface area contributed by atoms with Crippen LogP contribution in [0.3, 0.4) is 0 Å². The molecule has 0 unspecified atom stereocenters. The quantitative estimate of drug-likeness (QED) is 0.843. The molecule has 1 aliphatic carbocycles. The average molecular weight is 260 g/mol. The molecule has 0 heterocycles. The molecule has 2 rings (SSSR count). The molecule has 0 amide bonds. The lowest BCUT2D eigenvalue weighted by molar-refractivity contribution is -0.143. The first-order chi connectivity index (χ1) is 9.06. The zero-order valence-corrected chi connectivity index (χ0v) is 11.3. The topological polar surface area (TPSA) is 54.4 Å². The summed E-state index contributed by atoms with van der Waals surface area (Å²) >= 11 is 0. The second-order valence-corrected chi connectivity index (χ2v) is 5.56. The number of carbonyl (C=O) groups is 2. The molecule has 1 saturated carbocycles. The first kappa shape index (κ1) is 13.8. The van der Waals surface area contributed by atoms with E-state index < -0.39 is 5.97 Å². The lowest BCUT2D eigenvalue weighted by Gasteiger charge is -2.26. The van der Waals surface area contributed by atoms with E-state index in [4.69, 9.17) is 5.11 Å². The smallest absolute Gasteiger partial charge is 0.306 e. The summed E-state index contributed by atoms with van der Waals surface area (Å²) in [6, 6.07) is 7.61. The van der Waals surface area contributed by atoms with Crippen molar-refractivity contribution >= 4 is 11.8 Å². The number of hydrogen-bond donors (Lipinski definition) is 1. The summed E-state index contributed by atoms with van der Waals surface area (Å²) in [5.41, 5.74) is 1.83. The highest BCUT2D eigenvalue weighted by molar-refractivity contribution is 5.96. The highest BCUT2D eigenvalue weighted by atomic mass is 16.4. The number of aryl methyl sites for hydroxylation is 1. The van der Waals surface area contributed by atoms with Crippen LogP contribution in [0.2, 0.25) is 0 Å². The number of ketones is 1. The van der Waals surface area contributed by atoms with Gasteiger partial charge >= 0.3 is 5.97 Å². The third kappa shape index (κ3) is 3.66. The molecule has 1 N–H and O–H groups in total. The Balaban J connectivity index is 1.97. The van der Waals surface area contributed by atoms with E-state index in [1.54, 1.807) is 0 Å². The monoisotopic (exact) mass is 260 g/mol. The number of Topliss-reactive ketones (excluding diaryl/α,β-unsaturated/α-hetero) is 1. The van der Waals surface area contributed by atoms with Crippen molar-refractivity contribution in [1.82, 2.24) is 0 Å². The molecule has 19 heavy (non-hydrogen) atoms. The second kappa shape index (κ2) is 6.00. The normalized spacial score (nSPS) is 23.0. The number of carboxylic acid groups (broad SMARTS) is 1. The minimum atomic E-state index is -0.715. The first-order valence-electron chi connectivity index (χ1n) is 6.89. The molecular formula is C16H20O3. The van der Waals surface area contributed by atoms with Crippen molar-refractivity contribution in [3.05, 3.63) is 35.4 Å². The SMILES string of the molecule is Cc1cccc(C(=O)C[C@H]2CCC[C@@H](C(=O)O)C2)c1. The Bertz CT molecular complexity index is 479. The van der Waals surface area contributed by atoms with Gasteiger partial charge in [0, 0.05) is 12.0 Å². The van der Waals surface area contributed by atoms with Gasteiger partial charge in [-0.15, -0.1) is 0 Å². The highest BCUT2D eigenvalue weighted by Crippen LogP contribution is 2.32. The molecule has 0 saturated heterocycles. The van der Waals surface area contributed by atoms with Crippen LogP contribution in [-0.2, 0) is 4.79 Å². The van der Waals surface area contributed by atoms with Crippen molar-refractivity contribution in [3.8, 4) is 0 Å². The van der Waals surface area contributed by atoms with Gasteiger partial charge < -0.3 is 5.11 Å². The van der Waals surface area contributed by atoms with E-state index >= 15 is 0 Å². The Kier molecular flexibility index (Phi) is 4.35. The van der Waals surface area contributed by atoms with Gasteiger partial charge in [-0.25, -0.2) is 0 Å². The molecule has 0 spiro atoms. The molecule has 102 valence electrons. The molecule has 0 aliphatic heterocycles. The number of hydrogen-bond acceptors (Lipinski definition) is 2. The molecule has 1 aromatic carbocycles. The van der Waals surface area contributed by atoms with Crippen LogP contribution in [0.15, 0.2) is 24.3 Å². The number of benzene rings is 1. The minimum absolute atomic E-state index is 0.139. The third-order valence-electron chi connectivity index (χ3n) is 3.95. The molecule has 1 aromatic rings. The predicted molar refractivity (Wildman–Crippen MR) is 73.2 cm³/mol. The summed E-state index contributed by atoms with van der Waals surface area (Å²) in [5, 5.41) is 9.06. The fraction of sp³-hybridized carbons (Fsp3) is 0.500. The van der Waals surface area contributed by atoms with E-state index in [-0.39, 0.29) is 17.6 Å². The van der Waals surface area contributed by atoms with Crippen LogP contribution >= 0.6 is 0 Å². The maximum absolute atomic E-state index is 12.2. The summed E-state index contributed by atoms with van der Waals surface area (Å²) < 4.78 is 0. The summed E-state index contributed by atoms with van der Waals surface area (Å²) in [4.78, 5) is 23.2. The fourth-order valence-electron chi connectivity index (χ4n) is 2.90. The van der Waals surface area contributed by atoms with Gasteiger partial charge in [0.15, 0.2) is 5.78 Å². The van der Waals surface area contributed by atoms with Gasteiger partial charge in [-0.2, -0.15) is 0 Å². The molecule has 0 aromatic heterocycles. The zero-order valence-electron chi connectivity index (χ0n) is 11.3. The van der Waals surface area contributed by atoms with E-state index in [0.29, 0.717) is 12.8 Å². The van der Waals surface area contributed by atoms with Crippen LogP contribution in [0, 0.1) is 18.8 Å². The van der Waals surface area contributed by atoms with Crippen molar-refractivity contribution < 1.29 is 14.7 Å². The van der Waals surface area contributed by atoms with E-state index in [1.807, 2.05) is 31.2 Å². The molecule has 3 nitrogen and oxygen atoms in total. The van der Waals surface area contributed by atoms with Gasteiger partial charge in [0.25, 0.3) is 0 Å². The van der Waals surface area contributed by atoms with Gasteiger partial charge in [-0.3, -0.25) is 9.59 Å². The van der Waals surface area contributed by atoms with Crippen LogP contribution < -0.4 is 0 Å². The largest absolute Gasteiger partial charge is 0.481 e. The summed E-state index contributed by atoms with van der Waals surface area (Å²) in [6.07, 6.45) is 3.77. The molecule has 3 heteroatoms. The maximum Gasteiger partial charge on any atom is 0.306 e. The fourth-order valence-corrected chi connectivity index (χ4v) is 2.90. The van der Waals surface area contributed by atoms with E-state index in [9.17, 15) is 9.59 Å². The van der Waals surface area contributed by atoms with E-state index in [1.165, 1.54) is 0 Å². The molecular weight excluding hydrogens is 240 g/mol. The Morgan fingerprint density at radius 3 is 2.79 bits per heavy atom. The number of carbonyl (C=O) groups excluding carboxylic acids is 1. The summed E-state index contributed by atoms with van der Waals surface area (Å²) in [6.45, 7) is 1.97. The molecule has 1 aliphatic rings. The Morgan fingerprint density at radius 2 is 2.11 bits per heavy atom. The van der Waals surface area contributed by atoms with Crippen molar-refractivity contribution in [2.24, 2.45) is 11.8 Å². The van der Waals surface area contributed by atoms with Crippen molar-refractivity contribution in [1.29, 1.82) is 0 Å². The van der Waals surface area contributed by atoms with Crippen LogP contribution in [0.25, 0.3) is 0 Å². The van der Waals surface area contributed by atoms with Crippen LogP contribution in [0.1, 0.15) is 48.0 Å². The summed E-state index contributed by atoms with van der Waals surface area (Å²) in [5.74, 6) is -0.612. The molecule has 1 fully saturated rings. The zero-order chi connectivity index (χ0) is 13.8. The van der Waals surface area contributed by atoms with Gasteiger partial charge in [-0.1, -0.05) is 30.2 Å². The van der Waals surface area contributed by atoms with E-state index in [2.05, 4.69) is 0 Å². The number of aliphatic carboxylic acids is 1. The minimum Gasteiger partial charge on any atom is -0.481 e. The van der Waals surface area contributed by atoms with E-state index in [0.717, 1.165) is 30.4 Å². The molecule has 0 bridgehead atoms. The molecule has 2 atom stereocenters. The highest BCUT2D eigenvalue weighted by Gasteiger charge is 2.28. The van der Waals surface area contributed by atoms with Crippen LogP contribution in [-0.4, -0.2) is 16.9 Å². The van der Waals surface area contributed by atoms with Gasteiger partial charge in [0.2, 0.25) is 0 Å². The Hall–Kier alpha value is -1.64.